The van der Waals surface area contributed by atoms with E-state index in [4.69, 9.17) is 33.9 Å². The van der Waals surface area contributed by atoms with Crippen molar-refractivity contribution < 1.29 is 24.1 Å². The van der Waals surface area contributed by atoms with E-state index in [2.05, 4.69) is 41.7 Å². The molecule has 10 heteroatoms. The molecule has 1 saturated carbocycles. The third kappa shape index (κ3) is 8.67. The standard InChI is InChI=1S/C52H49N5O5/c1-59-43-29-27-42(28-30-43)52(40-23-13-5-14-24-40,41-25-15-6-16-26-41)56-51-54-49-47(50(55-51)62-34-39-21-11-4-12-22-39)53-36-57(49)45-31-46(61-33-38-19-9-3-10-20-38)44(48(45)58)35-60-32-37-17-7-2-8-18-37/h2-30,36,44-46,48,58H,31-35H2,1H3,(H,54,55,56)/t44-,45-,46-,48-/m0/s1. The first kappa shape index (κ1) is 40.6. The van der Waals surface area contributed by atoms with Crippen LogP contribution in [0.25, 0.3) is 11.2 Å². The molecule has 9 rings (SSSR count). The van der Waals surface area contributed by atoms with Gasteiger partial charge in [-0.3, -0.25) is 0 Å². The van der Waals surface area contributed by atoms with Crippen molar-refractivity contribution in [1.29, 1.82) is 0 Å². The maximum atomic E-state index is 12.3. The van der Waals surface area contributed by atoms with Gasteiger partial charge in [-0.25, -0.2) is 4.98 Å². The second-order valence-electron chi connectivity index (χ2n) is 15.6. The van der Waals surface area contributed by atoms with Crippen LogP contribution in [0.5, 0.6) is 11.6 Å². The van der Waals surface area contributed by atoms with E-state index >= 15 is 0 Å². The lowest BCUT2D eigenvalue weighted by molar-refractivity contribution is -0.0475. The molecule has 1 aliphatic carbocycles. The van der Waals surface area contributed by atoms with E-state index in [0.717, 1.165) is 39.1 Å². The minimum atomic E-state index is -0.964. The van der Waals surface area contributed by atoms with Gasteiger partial charge in [0.1, 0.15) is 17.9 Å². The number of aliphatic hydroxyl groups is 1. The molecule has 0 radical (unpaired) electrons. The van der Waals surface area contributed by atoms with E-state index in [1.54, 1.807) is 13.4 Å². The zero-order valence-corrected chi connectivity index (χ0v) is 34.5. The number of hydrogen-bond acceptors (Lipinski definition) is 9. The molecule has 0 saturated heterocycles. The minimum absolute atomic E-state index is 0.266. The summed E-state index contributed by atoms with van der Waals surface area (Å²) in [6, 6.07) is 58.3. The molecule has 62 heavy (non-hydrogen) atoms. The number of aliphatic hydroxyl groups excluding tert-OH is 1. The average Bonchev–Trinajstić information content (AvgIpc) is 3.90. The van der Waals surface area contributed by atoms with Crippen molar-refractivity contribution in [1.82, 2.24) is 19.5 Å². The summed E-state index contributed by atoms with van der Waals surface area (Å²) < 4.78 is 27.0. The average molecular weight is 824 g/mol. The lowest BCUT2D eigenvalue weighted by Crippen LogP contribution is -2.38. The lowest BCUT2D eigenvalue weighted by atomic mass is 9.77. The van der Waals surface area contributed by atoms with E-state index in [1.165, 1.54) is 0 Å². The van der Waals surface area contributed by atoms with Crippen molar-refractivity contribution in [2.75, 3.05) is 19.0 Å². The van der Waals surface area contributed by atoms with Crippen LogP contribution in [0.1, 0.15) is 45.8 Å². The first-order valence-corrected chi connectivity index (χ1v) is 21.0. The summed E-state index contributed by atoms with van der Waals surface area (Å²) >= 11 is 0. The van der Waals surface area contributed by atoms with Gasteiger partial charge in [-0.1, -0.05) is 164 Å². The fourth-order valence-electron chi connectivity index (χ4n) is 8.52. The third-order valence-electron chi connectivity index (χ3n) is 11.7. The maximum absolute atomic E-state index is 12.3. The molecular weight excluding hydrogens is 775 g/mol. The maximum Gasteiger partial charge on any atom is 0.247 e. The van der Waals surface area contributed by atoms with E-state index < -0.39 is 17.7 Å². The van der Waals surface area contributed by atoms with Crippen LogP contribution in [0.15, 0.2) is 182 Å². The Bertz CT molecular complexity index is 2590. The fraction of sp³-hybridized carbons (Fsp3) is 0.212. The summed E-state index contributed by atoms with van der Waals surface area (Å²) in [6.07, 6.45) is 1.10. The molecule has 2 heterocycles. The number of nitrogens with zero attached hydrogens (tertiary/aromatic N) is 4. The molecule has 0 aliphatic heterocycles. The molecule has 0 amide bonds. The molecule has 1 fully saturated rings. The van der Waals surface area contributed by atoms with Crippen molar-refractivity contribution in [2.45, 2.75) is 50.0 Å². The van der Waals surface area contributed by atoms with E-state index in [9.17, 15) is 5.11 Å². The van der Waals surface area contributed by atoms with Gasteiger partial charge < -0.3 is 33.9 Å². The van der Waals surface area contributed by atoms with Crippen molar-refractivity contribution in [3.8, 4) is 11.6 Å². The monoisotopic (exact) mass is 823 g/mol. The molecule has 2 N–H and O–H groups in total. The normalized spacial score (nSPS) is 17.5. The van der Waals surface area contributed by atoms with Crippen LogP contribution < -0.4 is 14.8 Å². The van der Waals surface area contributed by atoms with Crippen molar-refractivity contribution in [2.24, 2.45) is 5.92 Å². The highest BCUT2D eigenvalue weighted by molar-refractivity contribution is 5.78. The Morgan fingerprint density at radius 1 is 0.645 bits per heavy atom. The van der Waals surface area contributed by atoms with Gasteiger partial charge in [-0.15, -0.1) is 0 Å². The molecule has 8 aromatic rings. The summed E-state index contributed by atoms with van der Waals surface area (Å²) in [5.41, 5.74) is 6.05. The van der Waals surface area contributed by atoms with Crippen LogP contribution in [0.4, 0.5) is 5.95 Å². The highest BCUT2D eigenvalue weighted by Crippen LogP contribution is 2.43. The van der Waals surface area contributed by atoms with Crippen LogP contribution in [0.3, 0.4) is 0 Å². The molecule has 2 aromatic heterocycles. The number of benzene rings is 6. The van der Waals surface area contributed by atoms with Gasteiger partial charge in [-0.05, 0) is 51.9 Å². The number of rotatable bonds is 17. The Morgan fingerprint density at radius 3 is 1.76 bits per heavy atom. The van der Waals surface area contributed by atoms with E-state index in [-0.39, 0.29) is 18.6 Å². The van der Waals surface area contributed by atoms with Crippen LogP contribution >= 0.6 is 0 Å². The Hall–Kier alpha value is -6.85. The van der Waals surface area contributed by atoms with Crippen molar-refractivity contribution >= 4 is 17.1 Å². The number of anilines is 1. The van der Waals surface area contributed by atoms with Crippen molar-refractivity contribution in [3.63, 3.8) is 0 Å². The Balaban J connectivity index is 1.13. The Morgan fingerprint density at radius 2 is 1.18 bits per heavy atom. The van der Waals surface area contributed by atoms with Crippen LogP contribution in [-0.2, 0) is 34.8 Å². The fourth-order valence-corrected chi connectivity index (χ4v) is 8.52. The van der Waals surface area contributed by atoms with Crippen LogP contribution in [-0.4, -0.2) is 50.6 Å². The largest absolute Gasteiger partial charge is 0.497 e. The van der Waals surface area contributed by atoms with Gasteiger partial charge in [0.25, 0.3) is 0 Å². The highest BCUT2D eigenvalue weighted by Gasteiger charge is 2.45. The zero-order chi connectivity index (χ0) is 42.1. The molecule has 4 atom stereocenters. The van der Waals surface area contributed by atoms with Gasteiger partial charge in [0.05, 0.1) is 51.5 Å². The van der Waals surface area contributed by atoms with Gasteiger partial charge in [0, 0.05) is 5.92 Å². The number of fused-ring (bicyclic) bond motifs is 1. The van der Waals surface area contributed by atoms with E-state index in [1.807, 2.05) is 144 Å². The minimum Gasteiger partial charge on any atom is -0.497 e. The topological polar surface area (TPSA) is 113 Å². The van der Waals surface area contributed by atoms with Crippen LogP contribution in [0.2, 0.25) is 0 Å². The SMILES string of the molecule is COc1ccc(C(Nc2nc(OCc3ccccc3)c3ncn([C@H]4C[C@H](OCc5ccccc5)[C@H](COCc5ccccc5)[C@@H]4O)c3n2)(c2ccccc2)c2ccccc2)cc1. The quantitative estimate of drug-likeness (QED) is 0.0868. The Labute approximate surface area is 361 Å². The number of hydrogen-bond donors (Lipinski definition) is 2. The Kier molecular flexibility index (Phi) is 12.3. The summed E-state index contributed by atoms with van der Waals surface area (Å²) in [4.78, 5) is 15.2. The van der Waals surface area contributed by atoms with E-state index in [0.29, 0.717) is 49.2 Å². The number of nitrogens with one attached hydrogen (secondary N) is 1. The molecule has 1 aliphatic rings. The van der Waals surface area contributed by atoms with Crippen LogP contribution in [0, 0.1) is 5.92 Å². The molecule has 0 bridgehead atoms. The second kappa shape index (κ2) is 18.8. The summed E-state index contributed by atoms with van der Waals surface area (Å²) in [6.45, 7) is 1.41. The lowest BCUT2D eigenvalue weighted by Gasteiger charge is -2.37. The number of imidazole rings is 1. The molecule has 10 nitrogen and oxygen atoms in total. The van der Waals surface area contributed by atoms with Gasteiger partial charge >= 0.3 is 0 Å². The highest BCUT2D eigenvalue weighted by atomic mass is 16.5. The molecule has 312 valence electrons. The molecule has 0 spiro atoms. The molecule has 0 unspecified atom stereocenters. The number of ether oxygens (including phenoxy) is 4. The summed E-state index contributed by atoms with van der Waals surface area (Å²) in [7, 11) is 1.66. The molecular formula is C52H49N5O5. The predicted octanol–water partition coefficient (Wildman–Crippen LogP) is 9.54. The molecule has 6 aromatic carbocycles. The van der Waals surface area contributed by atoms with Gasteiger partial charge in [-0.2, -0.15) is 9.97 Å². The second-order valence-corrected chi connectivity index (χ2v) is 15.6. The van der Waals surface area contributed by atoms with Crippen molar-refractivity contribution in [3.05, 3.63) is 216 Å². The predicted molar refractivity (Wildman–Crippen MR) is 240 cm³/mol. The van der Waals surface area contributed by atoms with Gasteiger partial charge in [0.2, 0.25) is 11.8 Å². The third-order valence-corrected chi connectivity index (χ3v) is 11.7. The van der Waals surface area contributed by atoms with Gasteiger partial charge in [0.15, 0.2) is 11.2 Å². The first-order chi connectivity index (χ1) is 30.6. The number of aromatic nitrogens is 4. The smallest absolute Gasteiger partial charge is 0.247 e. The summed E-state index contributed by atoms with van der Waals surface area (Å²) in [5, 5.41) is 16.1. The summed E-state index contributed by atoms with van der Waals surface area (Å²) in [5.74, 6) is 1.05. The number of methoxy groups -OCH3 is 1. The zero-order valence-electron chi connectivity index (χ0n) is 34.5. The first-order valence-electron chi connectivity index (χ1n) is 21.0.